The lowest BCUT2D eigenvalue weighted by Gasteiger charge is -2.24. The van der Waals surface area contributed by atoms with Crippen LogP contribution in [0, 0.1) is 5.92 Å². The Morgan fingerprint density at radius 2 is 1.69 bits per heavy atom. The number of carbonyl (C=O) groups excluding carboxylic acids is 2. The molecular weight excluding hydrogens is 386 g/mol. The molecule has 0 heterocycles. The molecule has 2 aromatic rings. The summed E-state index contributed by atoms with van der Waals surface area (Å²) in [6, 6.07) is 16.4. The Balaban J connectivity index is 1.86. The van der Waals surface area contributed by atoms with Crippen molar-refractivity contribution in [2.75, 3.05) is 24.5 Å². The van der Waals surface area contributed by atoms with Crippen molar-refractivity contribution in [1.82, 2.24) is 10.6 Å². The molecule has 0 aromatic heterocycles. The van der Waals surface area contributed by atoms with Crippen molar-refractivity contribution in [3.8, 4) is 0 Å². The van der Waals surface area contributed by atoms with Gasteiger partial charge in [-0.3, -0.25) is 9.59 Å². The van der Waals surface area contributed by atoms with Crippen LogP contribution in [0.25, 0.3) is 0 Å². The number of hydrogen-bond acceptors (Lipinski definition) is 3. The Morgan fingerprint density at radius 3 is 2.31 bits per heavy atom. The second-order valence-electron chi connectivity index (χ2n) is 7.23. The Hall–Kier alpha value is -2.53. The number of para-hydroxylation sites is 1. The second-order valence-corrected chi connectivity index (χ2v) is 7.64. The Bertz CT molecular complexity index is 796. The molecule has 2 N–H and O–H groups in total. The normalized spacial score (nSPS) is 11.8. The summed E-state index contributed by atoms with van der Waals surface area (Å²) in [5.41, 5.74) is 1.54. The monoisotopic (exact) mass is 415 g/mol. The molecule has 0 saturated heterocycles. The van der Waals surface area contributed by atoms with E-state index in [-0.39, 0.29) is 17.7 Å². The molecule has 6 heteroatoms. The van der Waals surface area contributed by atoms with E-state index in [1.807, 2.05) is 32.0 Å². The van der Waals surface area contributed by atoms with Gasteiger partial charge in [0.2, 0.25) is 5.91 Å². The van der Waals surface area contributed by atoms with Crippen molar-refractivity contribution in [2.45, 2.75) is 33.2 Å². The molecule has 0 spiro atoms. The van der Waals surface area contributed by atoms with Gasteiger partial charge >= 0.3 is 0 Å². The molecule has 0 radical (unpaired) electrons. The van der Waals surface area contributed by atoms with Gasteiger partial charge in [0.15, 0.2) is 0 Å². The summed E-state index contributed by atoms with van der Waals surface area (Å²) in [5, 5.41) is 6.14. The van der Waals surface area contributed by atoms with Crippen LogP contribution < -0.4 is 15.5 Å². The minimum Gasteiger partial charge on any atom is -0.372 e. The van der Waals surface area contributed by atoms with Gasteiger partial charge < -0.3 is 15.5 Å². The number of anilines is 1. The number of nitrogens with one attached hydrogen (secondary N) is 2. The van der Waals surface area contributed by atoms with E-state index in [1.54, 1.807) is 24.3 Å². The highest BCUT2D eigenvalue weighted by Gasteiger charge is 2.25. The van der Waals surface area contributed by atoms with Gasteiger partial charge in [-0.15, -0.1) is 0 Å². The quantitative estimate of drug-likeness (QED) is 0.573. The van der Waals surface area contributed by atoms with E-state index in [9.17, 15) is 9.59 Å². The summed E-state index contributed by atoms with van der Waals surface area (Å²) < 4.78 is 0. The molecule has 0 fully saturated rings. The maximum absolute atomic E-state index is 12.6. The van der Waals surface area contributed by atoms with E-state index in [2.05, 4.69) is 34.6 Å². The predicted octanol–water partition coefficient (Wildman–Crippen LogP) is 4.13. The first-order valence-electron chi connectivity index (χ1n) is 10.1. The molecule has 5 nitrogen and oxygen atoms in total. The van der Waals surface area contributed by atoms with Crippen molar-refractivity contribution in [1.29, 1.82) is 0 Å². The fourth-order valence-electron chi connectivity index (χ4n) is 3.10. The Kier molecular flexibility index (Phi) is 9.00. The minimum atomic E-state index is -0.616. The van der Waals surface area contributed by atoms with E-state index in [0.717, 1.165) is 19.5 Å². The van der Waals surface area contributed by atoms with Gasteiger partial charge in [-0.25, -0.2) is 0 Å². The van der Waals surface area contributed by atoms with Crippen molar-refractivity contribution < 1.29 is 9.59 Å². The van der Waals surface area contributed by atoms with E-state index in [4.69, 9.17) is 11.6 Å². The van der Waals surface area contributed by atoms with Crippen LogP contribution >= 0.6 is 11.6 Å². The van der Waals surface area contributed by atoms with Crippen LogP contribution in [0.15, 0.2) is 54.6 Å². The first-order valence-corrected chi connectivity index (χ1v) is 10.4. The SMILES string of the molecule is CCN(CCCNC(=O)[C@H](NC(=O)c1ccccc1Cl)C(C)C)c1ccccc1. The topological polar surface area (TPSA) is 61.4 Å². The molecule has 0 aliphatic carbocycles. The molecule has 156 valence electrons. The third-order valence-electron chi connectivity index (χ3n) is 4.76. The van der Waals surface area contributed by atoms with E-state index in [1.165, 1.54) is 5.69 Å². The molecule has 0 aliphatic heterocycles. The van der Waals surface area contributed by atoms with Crippen LogP contribution in [-0.2, 0) is 4.79 Å². The third-order valence-corrected chi connectivity index (χ3v) is 5.09. The molecule has 2 aromatic carbocycles. The summed E-state index contributed by atoms with van der Waals surface area (Å²) in [7, 11) is 0. The fraction of sp³-hybridized carbons (Fsp3) is 0.391. The summed E-state index contributed by atoms with van der Waals surface area (Å²) in [6.45, 7) is 8.23. The summed E-state index contributed by atoms with van der Waals surface area (Å²) >= 11 is 6.09. The number of halogens is 1. The fourth-order valence-corrected chi connectivity index (χ4v) is 3.32. The number of hydrogen-bond donors (Lipinski definition) is 2. The van der Waals surface area contributed by atoms with E-state index >= 15 is 0 Å². The first-order chi connectivity index (χ1) is 13.9. The largest absolute Gasteiger partial charge is 0.372 e. The van der Waals surface area contributed by atoms with Gasteiger partial charge in [-0.2, -0.15) is 0 Å². The Morgan fingerprint density at radius 1 is 1.03 bits per heavy atom. The van der Waals surface area contributed by atoms with Gasteiger partial charge in [0.05, 0.1) is 10.6 Å². The highest BCUT2D eigenvalue weighted by molar-refractivity contribution is 6.33. The lowest BCUT2D eigenvalue weighted by molar-refractivity contribution is -0.123. The number of amides is 2. The molecule has 2 amide bonds. The molecule has 0 unspecified atom stereocenters. The molecular formula is C23H30ClN3O2. The Labute approximate surface area is 178 Å². The van der Waals surface area contributed by atoms with Gasteiger partial charge in [-0.1, -0.05) is 55.8 Å². The molecule has 1 atom stereocenters. The lowest BCUT2D eigenvalue weighted by atomic mass is 10.0. The zero-order valence-electron chi connectivity index (χ0n) is 17.3. The molecule has 0 aliphatic rings. The first kappa shape index (κ1) is 22.8. The smallest absolute Gasteiger partial charge is 0.253 e. The van der Waals surface area contributed by atoms with Crippen LogP contribution in [0.1, 0.15) is 37.6 Å². The summed E-state index contributed by atoms with van der Waals surface area (Å²) in [5.74, 6) is -0.563. The number of carbonyl (C=O) groups is 2. The summed E-state index contributed by atoms with van der Waals surface area (Å²) in [6.07, 6.45) is 0.817. The second kappa shape index (κ2) is 11.5. The maximum Gasteiger partial charge on any atom is 0.253 e. The molecule has 0 saturated carbocycles. The van der Waals surface area contributed by atoms with Gasteiger partial charge in [0.1, 0.15) is 6.04 Å². The number of nitrogens with zero attached hydrogens (tertiary/aromatic N) is 1. The van der Waals surface area contributed by atoms with Crippen molar-refractivity contribution in [2.24, 2.45) is 5.92 Å². The van der Waals surface area contributed by atoms with E-state index < -0.39 is 6.04 Å². The lowest BCUT2D eigenvalue weighted by Crippen LogP contribution is -2.50. The van der Waals surface area contributed by atoms with Gasteiger partial charge in [0.25, 0.3) is 5.91 Å². The maximum atomic E-state index is 12.6. The highest BCUT2D eigenvalue weighted by Crippen LogP contribution is 2.16. The number of benzene rings is 2. The standard InChI is InChI=1S/C23H30ClN3O2/c1-4-27(18-11-6-5-7-12-18)16-10-15-25-23(29)21(17(2)3)26-22(28)19-13-8-9-14-20(19)24/h5-9,11-14,17,21H,4,10,15-16H2,1-3H3,(H,25,29)(H,26,28)/t21-/m1/s1. The van der Waals surface area contributed by atoms with Gasteiger partial charge in [0, 0.05) is 25.3 Å². The van der Waals surface area contributed by atoms with Crippen molar-refractivity contribution in [3.63, 3.8) is 0 Å². The van der Waals surface area contributed by atoms with Gasteiger partial charge in [-0.05, 0) is 43.5 Å². The van der Waals surface area contributed by atoms with Crippen LogP contribution in [0.4, 0.5) is 5.69 Å². The van der Waals surface area contributed by atoms with E-state index in [0.29, 0.717) is 17.1 Å². The average Bonchev–Trinajstić information content (AvgIpc) is 2.72. The average molecular weight is 416 g/mol. The van der Waals surface area contributed by atoms with Crippen LogP contribution in [0.3, 0.4) is 0 Å². The van der Waals surface area contributed by atoms with Crippen LogP contribution in [0.5, 0.6) is 0 Å². The van der Waals surface area contributed by atoms with Crippen molar-refractivity contribution in [3.05, 3.63) is 65.2 Å². The molecule has 0 bridgehead atoms. The van der Waals surface area contributed by atoms with Crippen LogP contribution in [0.2, 0.25) is 5.02 Å². The number of rotatable bonds is 10. The van der Waals surface area contributed by atoms with Crippen LogP contribution in [-0.4, -0.2) is 37.5 Å². The molecule has 2 rings (SSSR count). The minimum absolute atomic E-state index is 0.0436. The molecule has 29 heavy (non-hydrogen) atoms. The zero-order chi connectivity index (χ0) is 21.2. The zero-order valence-corrected chi connectivity index (χ0v) is 18.1. The van der Waals surface area contributed by atoms with Crippen molar-refractivity contribution >= 4 is 29.1 Å². The highest BCUT2D eigenvalue weighted by atomic mass is 35.5. The third kappa shape index (κ3) is 6.79. The summed E-state index contributed by atoms with van der Waals surface area (Å²) in [4.78, 5) is 27.4. The predicted molar refractivity (Wildman–Crippen MR) is 119 cm³/mol.